The molecule has 2 rings (SSSR count). The molecule has 0 unspecified atom stereocenters. The van der Waals surface area contributed by atoms with Gasteiger partial charge in [0.2, 0.25) is 5.91 Å². The van der Waals surface area contributed by atoms with Gasteiger partial charge in [0.05, 0.1) is 24.0 Å². The first-order chi connectivity index (χ1) is 6.68. The molecule has 0 spiro atoms. The zero-order valence-corrected chi connectivity index (χ0v) is 7.91. The minimum atomic E-state index is -0.134. The Morgan fingerprint density at radius 2 is 2.29 bits per heavy atom. The number of anilines is 1. The first kappa shape index (κ1) is 8.93. The Bertz CT molecular complexity index is 383. The highest BCUT2D eigenvalue weighted by Gasteiger charge is 2.26. The minimum absolute atomic E-state index is 0.0185. The monoisotopic (exact) mass is 193 g/mol. The molecule has 1 aromatic rings. The lowest BCUT2D eigenvalue weighted by Crippen LogP contribution is -2.39. The number of ketones is 1. The molecule has 1 N–H and O–H groups in total. The lowest BCUT2D eigenvalue weighted by atomic mass is 10.1. The molecule has 74 valence electrons. The quantitative estimate of drug-likeness (QED) is 0.657. The third-order valence-corrected chi connectivity index (χ3v) is 2.36. The molecule has 0 saturated carbocycles. The Labute approximate surface area is 81.1 Å². The molecular formula is C9H11N3O2. The van der Waals surface area contributed by atoms with E-state index in [1.165, 1.54) is 0 Å². The third kappa shape index (κ3) is 1.41. The second-order valence-electron chi connectivity index (χ2n) is 3.39. The third-order valence-electron chi connectivity index (χ3n) is 2.36. The van der Waals surface area contributed by atoms with E-state index in [9.17, 15) is 9.59 Å². The van der Waals surface area contributed by atoms with Crippen LogP contribution in [-0.4, -0.2) is 28.4 Å². The summed E-state index contributed by atoms with van der Waals surface area (Å²) < 4.78 is 0. The predicted molar refractivity (Wildman–Crippen MR) is 49.9 cm³/mol. The van der Waals surface area contributed by atoms with E-state index < -0.39 is 0 Å². The van der Waals surface area contributed by atoms with Crippen LogP contribution in [-0.2, 0) is 9.59 Å². The van der Waals surface area contributed by atoms with Crippen LogP contribution in [0.3, 0.4) is 0 Å². The van der Waals surface area contributed by atoms with Crippen molar-refractivity contribution in [3.8, 4) is 0 Å². The number of aryl methyl sites for hydroxylation is 1. The molecule has 0 bridgehead atoms. The SMILES string of the molecule is Cc1[nH]ncc1N1CCC(=O)CC1=O. The van der Waals surface area contributed by atoms with Crippen LogP contribution in [0.4, 0.5) is 5.69 Å². The molecule has 1 saturated heterocycles. The van der Waals surface area contributed by atoms with Crippen LogP contribution in [0.25, 0.3) is 0 Å². The van der Waals surface area contributed by atoms with Crippen molar-refractivity contribution in [1.82, 2.24) is 10.2 Å². The Hall–Kier alpha value is -1.65. The summed E-state index contributed by atoms with van der Waals surface area (Å²) >= 11 is 0. The van der Waals surface area contributed by atoms with Gasteiger partial charge in [-0.25, -0.2) is 0 Å². The number of piperidine rings is 1. The van der Waals surface area contributed by atoms with Crippen molar-refractivity contribution in [2.24, 2.45) is 0 Å². The minimum Gasteiger partial charge on any atom is -0.308 e. The van der Waals surface area contributed by atoms with Crippen LogP contribution in [0, 0.1) is 6.92 Å². The number of carbonyl (C=O) groups excluding carboxylic acids is 2. The second kappa shape index (κ2) is 3.25. The van der Waals surface area contributed by atoms with E-state index >= 15 is 0 Å². The number of Topliss-reactive ketones (excluding diaryl/α,β-unsaturated/α-hetero) is 1. The first-order valence-corrected chi connectivity index (χ1v) is 4.50. The highest BCUT2D eigenvalue weighted by molar-refractivity contribution is 6.08. The Kier molecular flexibility index (Phi) is 2.07. The fourth-order valence-electron chi connectivity index (χ4n) is 1.58. The fourth-order valence-corrected chi connectivity index (χ4v) is 1.58. The number of aromatic amines is 1. The number of H-pyrrole nitrogens is 1. The van der Waals surface area contributed by atoms with Gasteiger partial charge in [-0.15, -0.1) is 0 Å². The molecule has 5 nitrogen and oxygen atoms in total. The smallest absolute Gasteiger partial charge is 0.234 e. The van der Waals surface area contributed by atoms with Crippen molar-refractivity contribution in [3.63, 3.8) is 0 Å². The van der Waals surface area contributed by atoms with Crippen LogP contribution in [0.2, 0.25) is 0 Å². The van der Waals surface area contributed by atoms with Gasteiger partial charge < -0.3 is 4.90 Å². The van der Waals surface area contributed by atoms with E-state index in [-0.39, 0.29) is 18.1 Å². The topological polar surface area (TPSA) is 66.1 Å². The number of amides is 1. The van der Waals surface area contributed by atoms with Crippen molar-refractivity contribution in [2.45, 2.75) is 19.8 Å². The summed E-state index contributed by atoms with van der Waals surface area (Å²) in [5, 5.41) is 6.62. The molecule has 2 heterocycles. The van der Waals surface area contributed by atoms with Gasteiger partial charge in [0.25, 0.3) is 0 Å². The van der Waals surface area contributed by atoms with Crippen LogP contribution in [0.1, 0.15) is 18.5 Å². The maximum atomic E-state index is 11.5. The van der Waals surface area contributed by atoms with Gasteiger partial charge in [-0.05, 0) is 6.92 Å². The molecule has 0 radical (unpaired) electrons. The van der Waals surface area contributed by atoms with E-state index in [2.05, 4.69) is 10.2 Å². The van der Waals surface area contributed by atoms with Crippen molar-refractivity contribution < 1.29 is 9.59 Å². The highest BCUT2D eigenvalue weighted by Crippen LogP contribution is 2.21. The maximum absolute atomic E-state index is 11.5. The van der Waals surface area contributed by atoms with Crippen LogP contribution < -0.4 is 4.90 Å². The van der Waals surface area contributed by atoms with Gasteiger partial charge in [0.15, 0.2) is 0 Å². The fraction of sp³-hybridized carbons (Fsp3) is 0.444. The molecule has 14 heavy (non-hydrogen) atoms. The largest absolute Gasteiger partial charge is 0.308 e. The van der Waals surface area contributed by atoms with Crippen molar-refractivity contribution >= 4 is 17.4 Å². The zero-order chi connectivity index (χ0) is 10.1. The van der Waals surface area contributed by atoms with Gasteiger partial charge in [0.1, 0.15) is 5.78 Å². The average molecular weight is 193 g/mol. The average Bonchev–Trinajstić information content (AvgIpc) is 2.52. The Balaban J connectivity index is 2.24. The number of hydrogen-bond donors (Lipinski definition) is 1. The lowest BCUT2D eigenvalue weighted by molar-refractivity contribution is -0.128. The number of nitrogens with zero attached hydrogens (tertiary/aromatic N) is 2. The lowest BCUT2D eigenvalue weighted by Gasteiger charge is -2.25. The van der Waals surface area contributed by atoms with E-state index in [1.807, 2.05) is 6.92 Å². The molecule has 1 aliphatic heterocycles. The molecule has 0 atom stereocenters. The highest BCUT2D eigenvalue weighted by atomic mass is 16.2. The van der Waals surface area contributed by atoms with Crippen molar-refractivity contribution in [3.05, 3.63) is 11.9 Å². The van der Waals surface area contributed by atoms with E-state index in [0.29, 0.717) is 13.0 Å². The predicted octanol–water partition coefficient (Wildman–Crippen LogP) is 0.414. The molecule has 0 aliphatic carbocycles. The van der Waals surface area contributed by atoms with Crippen LogP contribution in [0.5, 0.6) is 0 Å². The van der Waals surface area contributed by atoms with Crippen LogP contribution in [0.15, 0.2) is 6.20 Å². The normalized spacial score (nSPS) is 17.6. The van der Waals surface area contributed by atoms with Gasteiger partial charge in [-0.1, -0.05) is 0 Å². The Morgan fingerprint density at radius 1 is 1.50 bits per heavy atom. The number of carbonyl (C=O) groups is 2. The number of nitrogens with one attached hydrogen (secondary N) is 1. The van der Waals surface area contributed by atoms with Crippen LogP contribution >= 0.6 is 0 Å². The van der Waals surface area contributed by atoms with Gasteiger partial charge >= 0.3 is 0 Å². The molecule has 5 heteroatoms. The van der Waals surface area contributed by atoms with Crippen molar-refractivity contribution in [2.75, 3.05) is 11.4 Å². The summed E-state index contributed by atoms with van der Waals surface area (Å²) in [7, 11) is 0. The summed E-state index contributed by atoms with van der Waals surface area (Å²) in [4.78, 5) is 24.1. The summed E-state index contributed by atoms with van der Waals surface area (Å²) in [5.41, 5.74) is 1.63. The molecule has 0 aromatic carbocycles. The Morgan fingerprint density at radius 3 is 2.86 bits per heavy atom. The van der Waals surface area contributed by atoms with Gasteiger partial charge in [-0.2, -0.15) is 5.10 Å². The van der Waals surface area contributed by atoms with E-state index in [0.717, 1.165) is 11.4 Å². The molecule has 1 aromatic heterocycles. The molecular weight excluding hydrogens is 182 g/mol. The second-order valence-corrected chi connectivity index (χ2v) is 3.39. The van der Waals surface area contributed by atoms with Gasteiger partial charge in [0, 0.05) is 13.0 Å². The summed E-state index contributed by atoms with van der Waals surface area (Å²) in [6.45, 7) is 2.32. The summed E-state index contributed by atoms with van der Waals surface area (Å²) in [5.74, 6) is -0.113. The van der Waals surface area contributed by atoms with Crippen molar-refractivity contribution in [1.29, 1.82) is 0 Å². The number of aromatic nitrogens is 2. The van der Waals surface area contributed by atoms with E-state index in [4.69, 9.17) is 0 Å². The summed E-state index contributed by atoms with van der Waals surface area (Å²) in [6.07, 6.45) is 2.07. The zero-order valence-electron chi connectivity index (χ0n) is 7.91. The van der Waals surface area contributed by atoms with E-state index in [1.54, 1.807) is 11.1 Å². The maximum Gasteiger partial charge on any atom is 0.234 e. The first-order valence-electron chi connectivity index (χ1n) is 4.50. The summed E-state index contributed by atoms with van der Waals surface area (Å²) in [6, 6.07) is 0. The number of hydrogen-bond acceptors (Lipinski definition) is 3. The molecule has 1 aliphatic rings. The van der Waals surface area contributed by atoms with Gasteiger partial charge in [-0.3, -0.25) is 14.7 Å². The standard InChI is InChI=1S/C9H11N3O2/c1-6-8(5-10-11-6)12-3-2-7(13)4-9(12)14/h5H,2-4H2,1H3,(H,10,11). The molecule has 1 amide bonds. The molecule has 1 fully saturated rings. The number of rotatable bonds is 1.